The van der Waals surface area contributed by atoms with Crippen LogP contribution in [0.4, 0.5) is 0 Å². The first-order chi connectivity index (χ1) is 9.61. The summed E-state index contributed by atoms with van der Waals surface area (Å²) in [4.78, 5) is 4.83. The van der Waals surface area contributed by atoms with Gasteiger partial charge in [0.25, 0.3) is 0 Å². The van der Waals surface area contributed by atoms with Crippen LogP contribution >= 0.6 is 11.6 Å². The summed E-state index contributed by atoms with van der Waals surface area (Å²) in [5.41, 5.74) is 2.12. The van der Waals surface area contributed by atoms with E-state index in [1.54, 1.807) is 0 Å². The Balaban J connectivity index is 1.84. The number of hydrogen-bond acceptors (Lipinski definition) is 4. The van der Waals surface area contributed by atoms with Crippen molar-refractivity contribution < 1.29 is 0 Å². The van der Waals surface area contributed by atoms with Gasteiger partial charge in [-0.05, 0) is 13.5 Å². The van der Waals surface area contributed by atoms with E-state index in [9.17, 15) is 0 Å². The molecule has 0 bridgehead atoms. The van der Waals surface area contributed by atoms with Crippen molar-refractivity contribution in [2.45, 2.75) is 19.9 Å². The SMILES string of the molecule is CCc1nn(C)c(CN(C)CCN2CCNCC2)c1Cl. The molecule has 0 aliphatic carbocycles. The first-order valence-corrected chi connectivity index (χ1v) is 7.81. The van der Waals surface area contributed by atoms with Crippen LogP contribution in [0.15, 0.2) is 0 Å². The van der Waals surface area contributed by atoms with E-state index in [2.05, 4.69) is 34.2 Å². The number of nitrogens with one attached hydrogen (secondary N) is 1. The van der Waals surface area contributed by atoms with Crippen molar-refractivity contribution in [3.8, 4) is 0 Å². The molecule has 0 saturated carbocycles. The number of nitrogens with zero attached hydrogens (tertiary/aromatic N) is 4. The van der Waals surface area contributed by atoms with Crippen LogP contribution < -0.4 is 5.32 Å². The van der Waals surface area contributed by atoms with Gasteiger partial charge in [-0.1, -0.05) is 18.5 Å². The molecule has 1 aromatic heterocycles. The first kappa shape index (κ1) is 15.8. The monoisotopic (exact) mass is 299 g/mol. The Bertz CT molecular complexity index is 425. The average Bonchev–Trinajstić information content (AvgIpc) is 2.73. The summed E-state index contributed by atoms with van der Waals surface area (Å²) in [5.74, 6) is 0. The molecule has 0 amide bonds. The minimum absolute atomic E-state index is 0.837. The summed E-state index contributed by atoms with van der Waals surface area (Å²) in [6.07, 6.45) is 0.886. The molecule has 0 atom stereocenters. The van der Waals surface area contributed by atoms with E-state index in [-0.39, 0.29) is 0 Å². The predicted octanol–water partition coefficient (Wildman–Crippen LogP) is 0.973. The molecule has 20 heavy (non-hydrogen) atoms. The number of aryl methyl sites for hydroxylation is 2. The summed E-state index contributed by atoms with van der Waals surface area (Å²) in [6, 6.07) is 0. The molecule has 2 rings (SSSR count). The minimum Gasteiger partial charge on any atom is -0.314 e. The maximum atomic E-state index is 6.39. The van der Waals surface area contributed by atoms with Crippen LogP contribution in [-0.4, -0.2) is 65.9 Å². The van der Waals surface area contributed by atoms with Gasteiger partial charge >= 0.3 is 0 Å². The molecule has 1 saturated heterocycles. The van der Waals surface area contributed by atoms with Crippen LogP contribution in [0.2, 0.25) is 5.02 Å². The average molecular weight is 300 g/mol. The molecular weight excluding hydrogens is 274 g/mol. The summed E-state index contributed by atoms with van der Waals surface area (Å²) in [6.45, 7) is 9.65. The van der Waals surface area contributed by atoms with E-state index in [1.807, 2.05) is 11.7 Å². The normalized spacial score (nSPS) is 17.1. The van der Waals surface area contributed by atoms with Gasteiger partial charge in [-0.25, -0.2) is 0 Å². The molecule has 1 fully saturated rings. The topological polar surface area (TPSA) is 36.3 Å². The molecule has 0 radical (unpaired) electrons. The minimum atomic E-state index is 0.837. The van der Waals surface area contributed by atoms with E-state index in [4.69, 9.17) is 11.6 Å². The third-order valence-electron chi connectivity index (χ3n) is 3.93. The van der Waals surface area contributed by atoms with Gasteiger partial charge in [0.2, 0.25) is 0 Å². The molecule has 1 aliphatic rings. The van der Waals surface area contributed by atoms with Crippen LogP contribution in [0.3, 0.4) is 0 Å². The lowest BCUT2D eigenvalue weighted by Gasteiger charge is -2.29. The molecule has 0 spiro atoms. The fourth-order valence-electron chi connectivity index (χ4n) is 2.57. The van der Waals surface area contributed by atoms with Crippen LogP contribution in [0, 0.1) is 0 Å². The number of rotatable bonds is 6. The fourth-order valence-corrected chi connectivity index (χ4v) is 2.93. The molecule has 0 aromatic carbocycles. The fraction of sp³-hybridized carbons (Fsp3) is 0.786. The van der Waals surface area contributed by atoms with E-state index >= 15 is 0 Å². The van der Waals surface area contributed by atoms with Gasteiger partial charge < -0.3 is 5.32 Å². The largest absolute Gasteiger partial charge is 0.314 e. The van der Waals surface area contributed by atoms with Crippen molar-refractivity contribution >= 4 is 11.6 Å². The van der Waals surface area contributed by atoms with E-state index < -0.39 is 0 Å². The van der Waals surface area contributed by atoms with Gasteiger partial charge in [-0.3, -0.25) is 14.5 Å². The number of piperazine rings is 1. The predicted molar refractivity (Wildman–Crippen MR) is 83.2 cm³/mol. The van der Waals surface area contributed by atoms with Crippen molar-refractivity contribution in [3.05, 3.63) is 16.4 Å². The Hall–Kier alpha value is -0.620. The molecule has 1 aliphatic heterocycles. The van der Waals surface area contributed by atoms with Gasteiger partial charge in [0.15, 0.2) is 0 Å². The molecule has 6 heteroatoms. The van der Waals surface area contributed by atoms with Crippen molar-refractivity contribution in [2.24, 2.45) is 7.05 Å². The van der Waals surface area contributed by atoms with Gasteiger partial charge in [0, 0.05) is 52.9 Å². The zero-order chi connectivity index (χ0) is 14.5. The molecule has 2 heterocycles. The summed E-state index contributed by atoms with van der Waals surface area (Å²) >= 11 is 6.39. The van der Waals surface area contributed by atoms with Crippen molar-refractivity contribution in [1.82, 2.24) is 24.9 Å². The molecule has 1 aromatic rings. The van der Waals surface area contributed by atoms with Gasteiger partial charge in [0.05, 0.1) is 16.4 Å². The van der Waals surface area contributed by atoms with Crippen LogP contribution in [0.1, 0.15) is 18.3 Å². The van der Waals surface area contributed by atoms with Gasteiger partial charge in [-0.15, -0.1) is 0 Å². The quantitative estimate of drug-likeness (QED) is 0.849. The Morgan fingerprint density at radius 3 is 2.65 bits per heavy atom. The summed E-state index contributed by atoms with van der Waals surface area (Å²) in [7, 11) is 4.13. The summed E-state index contributed by atoms with van der Waals surface area (Å²) < 4.78 is 1.92. The smallest absolute Gasteiger partial charge is 0.0863 e. The second-order valence-corrected chi connectivity index (χ2v) is 5.89. The highest BCUT2D eigenvalue weighted by molar-refractivity contribution is 6.31. The molecule has 1 N–H and O–H groups in total. The number of aromatic nitrogens is 2. The van der Waals surface area contributed by atoms with Crippen molar-refractivity contribution in [3.63, 3.8) is 0 Å². The lowest BCUT2D eigenvalue weighted by molar-refractivity contribution is 0.200. The highest BCUT2D eigenvalue weighted by Crippen LogP contribution is 2.21. The van der Waals surface area contributed by atoms with E-state index in [0.717, 1.165) is 68.6 Å². The third-order valence-corrected chi connectivity index (χ3v) is 4.37. The van der Waals surface area contributed by atoms with Crippen LogP contribution in [0.25, 0.3) is 0 Å². The standard InChI is InChI=1S/C14H26ClN5/c1-4-12-14(15)13(19(3)17-12)11-18(2)9-10-20-7-5-16-6-8-20/h16H,4-11H2,1-3H3. The number of likely N-dealkylation sites (N-methyl/N-ethyl adjacent to an activating group) is 1. The second-order valence-electron chi connectivity index (χ2n) is 5.51. The van der Waals surface area contributed by atoms with E-state index in [0.29, 0.717) is 0 Å². The molecule has 114 valence electrons. The zero-order valence-electron chi connectivity index (χ0n) is 12.8. The highest BCUT2D eigenvalue weighted by atomic mass is 35.5. The Kier molecular flexibility index (Phi) is 5.84. The Morgan fingerprint density at radius 2 is 2.05 bits per heavy atom. The highest BCUT2D eigenvalue weighted by Gasteiger charge is 2.15. The van der Waals surface area contributed by atoms with Crippen molar-refractivity contribution in [2.75, 3.05) is 46.3 Å². The summed E-state index contributed by atoms with van der Waals surface area (Å²) in [5, 5.41) is 8.69. The lowest BCUT2D eigenvalue weighted by atomic mass is 10.3. The van der Waals surface area contributed by atoms with E-state index in [1.165, 1.54) is 0 Å². The maximum Gasteiger partial charge on any atom is 0.0863 e. The third kappa shape index (κ3) is 3.95. The lowest BCUT2D eigenvalue weighted by Crippen LogP contribution is -2.45. The Labute approximate surface area is 126 Å². The van der Waals surface area contributed by atoms with Crippen LogP contribution in [0.5, 0.6) is 0 Å². The van der Waals surface area contributed by atoms with Crippen LogP contribution in [-0.2, 0) is 20.0 Å². The van der Waals surface area contributed by atoms with Gasteiger partial charge in [0.1, 0.15) is 0 Å². The van der Waals surface area contributed by atoms with Crippen molar-refractivity contribution in [1.29, 1.82) is 0 Å². The van der Waals surface area contributed by atoms with Gasteiger partial charge in [-0.2, -0.15) is 5.10 Å². The first-order valence-electron chi connectivity index (χ1n) is 7.43. The Morgan fingerprint density at radius 1 is 1.35 bits per heavy atom. The number of hydrogen-bond donors (Lipinski definition) is 1. The molecule has 5 nitrogen and oxygen atoms in total. The number of halogens is 1. The molecular formula is C14H26ClN5. The zero-order valence-corrected chi connectivity index (χ0v) is 13.6. The second kappa shape index (κ2) is 7.41. The maximum absolute atomic E-state index is 6.39. The molecule has 0 unspecified atom stereocenters.